The summed E-state index contributed by atoms with van der Waals surface area (Å²) in [6.07, 6.45) is 3.93. The van der Waals surface area contributed by atoms with Crippen molar-refractivity contribution in [3.8, 4) is 0 Å². The summed E-state index contributed by atoms with van der Waals surface area (Å²) in [5, 5.41) is 2.71. The van der Waals surface area contributed by atoms with Gasteiger partial charge in [-0.1, -0.05) is 19.8 Å². The Labute approximate surface area is 143 Å². The molecule has 0 aliphatic heterocycles. The van der Waals surface area contributed by atoms with Crippen molar-refractivity contribution < 1.29 is 22.7 Å². The maximum Gasteiger partial charge on any atom is 0.337 e. The van der Waals surface area contributed by atoms with Crippen molar-refractivity contribution in [2.24, 2.45) is 0 Å². The van der Waals surface area contributed by atoms with Crippen LogP contribution in [-0.4, -0.2) is 46.7 Å². The number of esters is 1. The highest BCUT2D eigenvalue weighted by atomic mass is 32.2. The van der Waals surface area contributed by atoms with E-state index in [1.54, 1.807) is 0 Å². The molecule has 0 aliphatic rings. The molecule has 0 fully saturated rings. The van der Waals surface area contributed by atoms with Crippen LogP contribution >= 0.6 is 0 Å². The highest BCUT2D eigenvalue weighted by Gasteiger charge is 2.21. The van der Waals surface area contributed by atoms with Crippen LogP contribution in [0.25, 0.3) is 0 Å². The quantitative estimate of drug-likeness (QED) is 0.535. The van der Waals surface area contributed by atoms with Crippen LogP contribution in [0.1, 0.15) is 36.5 Å². The van der Waals surface area contributed by atoms with Gasteiger partial charge in [-0.3, -0.25) is 9.10 Å². The molecule has 1 rings (SSSR count). The summed E-state index contributed by atoms with van der Waals surface area (Å²) < 4.78 is 29.5. The molecule has 0 atom stereocenters. The number of nitrogens with one attached hydrogen (secondary N) is 1. The van der Waals surface area contributed by atoms with E-state index in [1.165, 1.54) is 31.4 Å². The number of carbonyl (C=O) groups is 2. The summed E-state index contributed by atoms with van der Waals surface area (Å²) >= 11 is 0. The molecule has 0 saturated carbocycles. The summed E-state index contributed by atoms with van der Waals surface area (Å²) in [4.78, 5) is 23.4. The van der Waals surface area contributed by atoms with Crippen molar-refractivity contribution in [3.05, 3.63) is 29.8 Å². The van der Waals surface area contributed by atoms with Gasteiger partial charge >= 0.3 is 5.97 Å². The van der Waals surface area contributed by atoms with Crippen LogP contribution in [0, 0.1) is 0 Å². The average Bonchev–Trinajstić information content (AvgIpc) is 2.55. The number of hydrogen-bond acceptors (Lipinski definition) is 5. The van der Waals surface area contributed by atoms with Gasteiger partial charge in [0.1, 0.15) is 6.54 Å². The lowest BCUT2D eigenvalue weighted by molar-refractivity contribution is -0.119. The molecule has 0 aliphatic carbocycles. The Kier molecular flexibility index (Phi) is 7.70. The second-order valence-corrected chi connectivity index (χ2v) is 7.27. The van der Waals surface area contributed by atoms with Crippen molar-refractivity contribution in [1.29, 1.82) is 0 Å². The van der Waals surface area contributed by atoms with Crippen LogP contribution in [0.15, 0.2) is 24.3 Å². The van der Waals surface area contributed by atoms with E-state index in [0.29, 0.717) is 17.8 Å². The van der Waals surface area contributed by atoms with Gasteiger partial charge in [0.25, 0.3) is 0 Å². The third-order valence-corrected chi connectivity index (χ3v) is 4.51. The zero-order valence-electron chi connectivity index (χ0n) is 14.2. The van der Waals surface area contributed by atoms with Crippen molar-refractivity contribution in [3.63, 3.8) is 0 Å². The number of carbonyl (C=O) groups excluding carboxylic acids is 2. The fourth-order valence-corrected chi connectivity index (χ4v) is 2.93. The Bertz CT molecular complexity index is 656. The molecule has 1 N–H and O–H groups in total. The number of hydrogen-bond donors (Lipinski definition) is 1. The van der Waals surface area contributed by atoms with Gasteiger partial charge < -0.3 is 10.1 Å². The zero-order valence-corrected chi connectivity index (χ0v) is 15.1. The van der Waals surface area contributed by atoms with Crippen molar-refractivity contribution in [2.75, 3.05) is 30.8 Å². The Morgan fingerprint density at radius 3 is 2.29 bits per heavy atom. The fourth-order valence-electron chi connectivity index (χ4n) is 2.07. The number of amides is 1. The number of rotatable bonds is 9. The fraction of sp³-hybridized carbons (Fsp3) is 0.500. The Balaban J connectivity index is 2.83. The first-order valence-corrected chi connectivity index (χ1v) is 9.57. The van der Waals surface area contributed by atoms with E-state index in [9.17, 15) is 18.0 Å². The SMILES string of the molecule is CCCCCNC(=O)CN(c1ccc(C(=O)OC)cc1)S(C)(=O)=O. The maximum atomic E-state index is 12.0. The largest absolute Gasteiger partial charge is 0.465 e. The Hall–Kier alpha value is -2.09. The standard InChI is InChI=1S/C16H24N2O5S/c1-4-5-6-11-17-15(19)12-18(24(3,21)22)14-9-7-13(8-10-14)16(20)23-2/h7-10H,4-6,11-12H2,1-3H3,(H,17,19). The highest BCUT2D eigenvalue weighted by Crippen LogP contribution is 2.18. The summed E-state index contributed by atoms with van der Waals surface area (Å²) in [6.45, 7) is 2.28. The van der Waals surface area contributed by atoms with Crippen LogP contribution in [0.2, 0.25) is 0 Å². The lowest BCUT2D eigenvalue weighted by Crippen LogP contribution is -2.40. The summed E-state index contributed by atoms with van der Waals surface area (Å²) in [7, 11) is -2.36. The molecule has 0 radical (unpaired) electrons. The van der Waals surface area contributed by atoms with Crippen LogP contribution in [0.3, 0.4) is 0 Å². The lowest BCUT2D eigenvalue weighted by Gasteiger charge is -2.22. The predicted molar refractivity (Wildman–Crippen MR) is 92.5 cm³/mol. The molecule has 24 heavy (non-hydrogen) atoms. The topological polar surface area (TPSA) is 92.8 Å². The molecule has 0 unspecified atom stereocenters. The highest BCUT2D eigenvalue weighted by molar-refractivity contribution is 7.92. The molecule has 0 saturated heterocycles. The predicted octanol–water partition coefficient (Wildman–Crippen LogP) is 1.55. The number of benzene rings is 1. The molecule has 1 aromatic rings. The van der Waals surface area contributed by atoms with E-state index in [2.05, 4.69) is 17.0 Å². The molecule has 1 aromatic carbocycles. The van der Waals surface area contributed by atoms with Gasteiger partial charge in [0.2, 0.25) is 15.9 Å². The molecule has 0 bridgehead atoms. The number of methoxy groups -OCH3 is 1. The number of unbranched alkanes of at least 4 members (excludes halogenated alkanes) is 2. The van der Waals surface area contributed by atoms with E-state index in [0.717, 1.165) is 29.8 Å². The van der Waals surface area contributed by atoms with E-state index in [4.69, 9.17) is 0 Å². The number of anilines is 1. The van der Waals surface area contributed by atoms with Gasteiger partial charge in [-0.2, -0.15) is 0 Å². The number of nitrogens with zero attached hydrogens (tertiary/aromatic N) is 1. The van der Waals surface area contributed by atoms with Gasteiger partial charge in [0.15, 0.2) is 0 Å². The first kappa shape index (κ1) is 20.0. The van der Waals surface area contributed by atoms with Gasteiger partial charge in [0, 0.05) is 6.54 Å². The number of sulfonamides is 1. The van der Waals surface area contributed by atoms with Crippen LogP contribution < -0.4 is 9.62 Å². The second-order valence-electron chi connectivity index (χ2n) is 5.37. The molecular weight excluding hydrogens is 332 g/mol. The average molecular weight is 356 g/mol. The zero-order chi connectivity index (χ0) is 18.2. The van der Waals surface area contributed by atoms with Crippen molar-refractivity contribution in [2.45, 2.75) is 26.2 Å². The van der Waals surface area contributed by atoms with Crippen LogP contribution in [0.4, 0.5) is 5.69 Å². The summed E-state index contributed by atoms with van der Waals surface area (Å²) in [5.41, 5.74) is 0.618. The molecule has 8 heteroatoms. The molecule has 1 amide bonds. The minimum Gasteiger partial charge on any atom is -0.465 e. The minimum absolute atomic E-state index is 0.303. The normalized spacial score (nSPS) is 11.0. The summed E-state index contributed by atoms with van der Waals surface area (Å²) in [5.74, 6) is -0.880. The molecule has 0 spiro atoms. The van der Waals surface area contributed by atoms with Gasteiger partial charge in [-0.15, -0.1) is 0 Å². The van der Waals surface area contributed by atoms with E-state index in [-0.39, 0.29) is 12.5 Å². The third-order valence-electron chi connectivity index (χ3n) is 3.37. The molecule has 134 valence electrons. The number of ether oxygens (including phenoxy) is 1. The van der Waals surface area contributed by atoms with Crippen LogP contribution in [-0.2, 0) is 19.6 Å². The Morgan fingerprint density at radius 2 is 1.79 bits per heavy atom. The van der Waals surface area contributed by atoms with E-state index in [1.807, 2.05) is 0 Å². The molecule has 7 nitrogen and oxygen atoms in total. The molecule has 0 heterocycles. The Morgan fingerprint density at radius 1 is 1.17 bits per heavy atom. The lowest BCUT2D eigenvalue weighted by atomic mass is 10.2. The van der Waals surface area contributed by atoms with Gasteiger partial charge in [-0.25, -0.2) is 13.2 Å². The monoisotopic (exact) mass is 356 g/mol. The second kappa shape index (κ2) is 9.27. The molecular formula is C16H24N2O5S. The first-order chi connectivity index (χ1) is 11.3. The third kappa shape index (κ3) is 6.19. The molecule has 0 aromatic heterocycles. The maximum absolute atomic E-state index is 12.0. The van der Waals surface area contributed by atoms with E-state index < -0.39 is 16.0 Å². The van der Waals surface area contributed by atoms with Gasteiger partial charge in [0.05, 0.1) is 24.6 Å². The van der Waals surface area contributed by atoms with Crippen molar-refractivity contribution in [1.82, 2.24) is 5.32 Å². The smallest absolute Gasteiger partial charge is 0.337 e. The minimum atomic E-state index is -3.63. The van der Waals surface area contributed by atoms with E-state index >= 15 is 0 Å². The first-order valence-electron chi connectivity index (χ1n) is 7.72. The van der Waals surface area contributed by atoms with Crippen LogP contribution in [0.5, 0.6) is 0 Å². The van der Waals surface area contributed by atoms with Crippen molar-refractivity contribution >= 4 is 27.6 Å². The van der Waals surface area contributed by atoms with Gasteiger partial charge in [-0.05, 0) is 30.7 Å². The summed E-state index contributed by atoms with van der Waals surface area (Å²) in [6, 6.07) is 5.85.